The van der Waals surface area contributed by atoms with Crippen molar-refractivity contribution in [2.45, 2.75) is 56.6 Å². The van der Waals surface area contributed by atoms with Crippen molar-refractivity contribution in [3.63, 3.8) is 0 Å². The quantitative estimate of drug-likeness (QED) is 0.781. The van der Waals surface area contributed by atoms with E-state index in [1.807, 2.05) is 19.9 Å². The van der Waals surface area contributed by atoms with Gasteiger partial charge in [0.1, 0.15) is 5.54 Å². The van der Waals surface area contributed by atoms with E-state index < -0.39 is 5.54 Å². The van der Waals surface area contributed by atoms with Gasteiger partial charge in [-0.3, -0.25) is 4.79 Å². The van der Waals surface area contributed by atoms with Crippen molar-refractivity contribution in [2.24, 2.45) is 0 Å². The van der Waals surface area contributed by atoms with Gasteiger partial charge in [0.2, 0.25) is 11.1 Å². The molecule has 2 heterocycles. The molecule has 25 heavy (non-hydrogen) atoms. The molecular formula is C17H22N6OS. The number of thioether (sulfide) groups is 1. The van der Waals surface area contributed by atoms with Crippen LogP contribution in [0.1, 0.15) is 43.5 Å². The summed E-state index contributed by atoms with van der Waals surface area (Å²) in [6.45, 7) is 3.86. The summed E-state index contributed by atoms with van der Waals surface area (Å²) >= 11 is 1.29. The van der Waals surface area contributed by atoms with Gasteiger partial charge >= 0.3 is 0 Å². The van der Waals surface area contributed by atoms with Gasteiger partial charge in [0.05, 0.1) is 11.8 Å². The van der Waals surface area contributed by atoms with Gasteiger partial charge in [0, 0.05) is 18.4 Å². The highest BCUT2D eigenvalue weighted by Crippen LogP contribution is 2.33. The number of nitriles is 1. The Labute approximate surface area is 151 Å². The fraction of sp³-hybridized carbons (Fsp3) is 0.588. The van der Waals surface area contributed by atoms with Crippen molar-refractivity contribution in [2.75, 3.05) is 12.8 Å². The van der Waals surface area contributed by atoms with Crippen molar-refractivity contribution in [1.82, 2.24) is 24.5 Å². The maximum Gasteiger partial charge on any atom is 0.253 e. The molecule has 0 bridgehead atoms. The van der Waals surface area contributed by atoms with Crippen LogP contribution >= 0.6 is 11.8 Å². The fourth-order valence-electron chi connectivity index (χ4n) is 3.33. The predicted molar refractivity (Wildman–Crippen MR) is 95.2 cm³/mol. The first kappa shape index (κ1) is 17.7. The van der Waals surface area contributed by atoms with Crippen LogP contribution < -0.4 is 0 Å². The second-order valence-corrected chi connectivity index (χ2v) is 7.53. The summed E-state index contributed by atoms with van der Waals surface area (Å²) in [4.78, 5) is 23.0. The molecule has 132 valence electrons. The van der Waals surface area contributed by atoms with Crippen LogP contribution in [0.15, 0.2) is 11.2 Å². The first-order valence-electron chi connectivity index (χ1n) is 8.47. The molecule has 2 aromatic heterocycles. The topological polar surface area (TPSA) is 87.2 Å². The maximum absolute atomic E-state index is 12.6. The summed E-state index contributed by atoms with van der Waals surface area (Å²) in [5, 5.41) is 14.5. The molecule has 1 saturated carbocycles. The molecule has 7 nitrogen and oxygen atoms in total. The SMILES string of the molecule is Cc1cc(C)n2nc(SCC(=O)N(C)C3(C#N)CCCCC3)nc2n1. The minimum Gasteiger partial charge on any atom is -0.326 e. The van der Waals surface area contributed by atoms with Crippen molar-refractivity contribution < 1.29 is 4.79 Å². The molecule has 1 aliphatic rings. The third-order valence-corrected chi connectivity index (χ3v) is 5.65. The first-order valence-corrected chi connectivity index (χ1v) is 9.45. The summed E-state index contributed by atoms with van der Waals surface area (Å²) in [6, 6.07) is 4.32. The Bertz CT molecular complexity index is 834. The molecule has 0 aliphatic heterocycles. The molecular weight excluding hydrogens is 336 g/mol. The lowest BCUT2D eigenvalue weighted by molar-refractivity contribution is -0.131. The van der Waals surface area contributed by atoms with Crippen molar-refractivity contribution in [3.8, 4) is 6.07 Å². The molecule has 0 N–H and O–H groups in total. The van der Waals surface area contributed by atoms with Gasteiger partial charge in [-0.05, 0) is 32.8 Å². The van der Waals surface area contributed by atoms with E-state index in [9.17, 15) is 10.1 Å². The van der Waals surface area contributed by atoms with E-state index in [0.717, 1.165) is 43.5 Å². The van der Waals surface area contributed by atoms with E-state index in [0.29, 0.717) is 10.9 Å². The van der Waals surface area contributed by atoms with Crippen LogP contribution in [0.3, 0.4) is 0 Å². The number of amides is 1. The molecule has 0 spiro atoms. The second-order valence-electron chi connectivity index (χ2n) is 6.59. The molecule has 2 aromatic rings. The Morgan fingerprint density at radius 2 is 2.08 bits per heavy atom. The van der Waals surface area contributed by atoms with Crippen LogP contribution in [0.5, 0.6) is 0 Å². The van der Waals surface area contributed by atoms with Gasteiger partial charge in [-0.2, -0.15) is 10.2 Å². The summed E-state index contributed by atoms with van der Waals surface area (Å²) < 4.78 is 1.68. The summed E-state index contributed by atoms with van der Waals surface area (Å²) in [6.07, 6.45) is 4.64. The van der Waals surface area contributed by atoms with E-state index in [4.69, 9.17) is 0 Å². The number of hydrogen-bond acceptors (Lipinski definition) is 6. The monoisotopic (exact) mass is 358 g/mol. The third kappa shape index (κ3) is 3.47. The van der Waals surface area contributed by atoms with Crippen LogP contribution in [0.2, 0.25) is 0 Å². The van der Waals surface area contributed by atoms with Gasteiger partial charge < -0.3 is 4.90 Å². The lowest BCUT2D eigenvalue weighted by Gasteiger charge is -2.38. The van der Waals surface area contributed by atoms with E-state index >= 15 is 0 Å². The Morgan fingerprint density at radius 1 is 1.36 bits per heavy atom. The molecule has 0 unspecified atom stereocenters. The van der Waals surface area contributed by atoms with Gasteiger partial charge in [-0.15, -0.1) is 5.10 Å². The van der Waals surface area contributed by atoms with Crippen molar-refractivity contribution in [3.05, 3.63) is 17.5 Å². The molecule has 0 atom stereocenters. The molecule has 1 aliphatic carbocycles. The van der Waals surface area contributed by atoms with Crippen LogP contribution in [-0.2, 0) is 4.79 Å². The van der Waals surface area contributed by atoms with Crippen LogP contribution in [-0.4, -0.2) is 48.7 Å². The summed E-state index contributed by atoms with van der Waals surface area (Å²) in [5.41, 5.74) is 1.19. The zero-order valence-corrected chi connectivity index (χ0v) is 15.6. The number of nitrogens with zero attached hydrogens (tertiary/aromatic N) is 6. The first-order chi connectivity index (χ1) is 11.9. The largest absolute Gasteiger partial charge is 0.326 e. The molecule has 8 heteroatoms. The standard InChI is InChI=1S/C17H22N6OS/c1-12-9-13(2)23-15(19-12)20-16(21-23)25-10-14(24)22(3)17(11-18)7-5-4-6-8-17/h9H,4-8,10H2,1-3H3. The van der Waals surface area contributed by atoms with Gasteiger partial charge in [0.15, 0.2) is 0 Å². The third-order valence-electron chi connectivity index (χ3n) is 4.83. The fourth-order valence-corrected chi connectivity index (χ4v) is 4.06. The van der Waals surface area contributed by atoms with Crippen LogP contribution in [0.25, 0.3) is 5.78 Å². The Morgan fingerprint density at radius 3 is 2.76 bits per heavy atom. The van der Waals surface area contributed by atoms with E-state index in [-0.39, 0.29) is 11.7 Å². The highest BCUT2D eigenvalue weighted by atomic mass is 32.2. The number of aromatic nitrogens is 4. The van der Waals surface area contributed by atoms with Crippen molar-refractivity contribution in [1.29, 1.82) is 5.26 Å². The highest BCUT2D eigenvalue weighted by molar-refractivity contribution is 7.99. The molecule has 1 fully saturated rings. The number of rotatable bonds is 4. The van der Waals surface area contributed by atoms with Gasteiger partial charge in [0.25, 0.3) is 5.78 Å². The predicted octanol–water partition coefficient (Wildman–Crippen LogP) is 2.52. The van der Waals surface area contributed by atoms with Gasteiger partial charge in [-0.1, -0.05) is 31.0 Å². The lowest BCUT2D eigenvalue weighted by Crippen LogP contribution is -2.50. The van der Waals surface area contributed by atoms with E-state index in [1.54, 1.807) is 16.5 Å². The smallest absolute Gasteiger partial charge is 0.253 e. The average molecular weight is 358 g/mol. The molecule has 0 saturated heterocycles. The lowest BCUT2D eigenvalue weighted by atomic mass is 9.81. The average Bonchev–Trinajstić information content (AvgIpc) is 3.02. The molecule has 1 amide bonds. The Kier molecular flexibility index (Phi) is 4.95. The molecule has 0 radical (unpaired) electrons. The van der Waals surface area contributed by atoms with Crippen LogP contribution in [0.4, 0.5) is 0 Å². The minimum atomic E-state index is -0.655. The zero-order valence-electron chi connectivity index (χ0n) is 14.8. The molecule has 3 rings (SSSR count). The van der Waals surface area contributed by atoms with E-state index in [2.05, 4.69) is 21.1 Å². The zero-order chi connectivity index (χ0) is 18.0. The maximum atomic E-state index is 12.6. The number of carbonyl (C=O) groups excluding carboxylic acids is 1. The number of hydrogen-bond donors (Lipinski definition) is 0. The molecule has 0 aromatic carbocycles. The van der Waals surface area contributed by atoms with Gasteiger partial charge in [-0.25, -0.2) is 9.50 Å². The van der Waals surface area contributed by atoms with Crippen LogP contribution in [0, 0.1) is 25.2 Å². The Hall–Kier alpha value is -2.14. The van der Waals surface area contributed by atoms with E-state index in [1.165, 1.54) is 11.8 Å². The summed E-state index contributed by atoms with van der Waals surface area (Å²) in [7, 11) is 1.74. The number of aryl methyl sites for hydroxylation is 2. The summed E-state index contributed by atoms with van der Waals surface area (Å²) in [5.74, 6) is 0.698. The number of carbonyl (C=O) groups is 1. The van der Waals surface area contributed by atoms with Crippen molar-refractivity contribution >= 4 is 23.4 Å². The Balaban J connectivity index is 1.69. The normalized spacial score (nSPS) is 16.6. The number of fused-ring (bicyclic) bond motifs is 1. The second kappa shape index (κ2) is 7.00. The minimum absolute atomic E-state index is 0.0619. The highest BCUT2D eigenvalue weighted by Gasteiger charge is 2.38.